The summed E-state index contributed by atoms with van der Waals surface area (Å²) in [6.07, 6.45) is 3.52. The van der Waals surface area contributed by atoms with Gasteiger partial charge in [0.25, 0.3) is 0 Å². The van der Waals surface area contributed by atoms with Gasteiger partial charge in [-0.25, -0.2) is 4.99 Å². The lowest BCUT2D eigenvalue weighted by Gasteiger charge is -2.12. The van der Waals surface area contributed by atoms with Crippen LogP contribution >= 0.6 is 11.6 Å². The molecule has 6 heteroatoms. The number of halogens is 1. The van der Waals surface area contributed by atoms with Crippen LogP contribution in [0.2, 0.25) is 5.02 Å². The van der Waals surface area contributed by atoms with Gasteiger partial charge in [-0.15, -0.1) is 0 Å². The van der Waals surface area contributed by atoms with Crippen molar-refractivity contribution in [3.63, 3.8) is 0 Å². The van der Waals surface area contributed by atoms with E-state index in [1.165, 1.54) is 0 Å². The zero-order valence-corrected chi connectivity index (χ0v) is 15.1. The minimum atomic E-state index is 0.300. The fourth-order valence-electron chi connectivity index (χ4n) is 2.52. The quantitative estimate of drug-likeness (QED) is 0.407. The largest absolute Gasteiger partial charge is 0.379 e. The molecule has 2 rings (SSSR count). The van der Waals surface area contributed by atoms with Gasteiger partial charge in [-0.3, -0.25) is 0 Å². The molecule has 2 N–H and O–H groups in total. The predicted octanol–water partition coefficient (Wildman–Crippen LogP) is 2.98. The summed E-state index contributed by atoms with van der Waals surface area (Å²) in [7, 11) is 0. The molecule has 1 unspecified atom stereocenters. The molecule has 1 aromatic carbocycles. The molecule has 1 aliphatic rings. The smallest absolute Gasteiger partial charge is 0.191 e. The monoisotopic (exact) mass is 353 g/mol. The average Bonchev–Trinajstić information content (AvgIpc) is 3.09. The Morgan fingerprint density at radius 2 is 2.33 bits per heavy atom. The highest BCUT2D eigenvalue weighted by molar-refractivity contribution is 6.30. The second kappa shape index (κ2) is 11.3. The molecule has 0 amide bonds. The summed E-state index contributed by atoms with van der Waals surface area (Å²) in [6.45, 7) is 6.64. The van der Waals surface area contributed by atoms with Crippen LogP contribution in [0.15, 0.2) is 29.3 Å². The first-order valence-corrected chi connectivity index (χ1v) is 9.11. The number of rotatable bonds is 9. The fourth-order valence-corrected chi connectivity index (χ4v) is 2.73. The SMILES string of the molecule is CCNC(=NCc1cccc(Cl)c1)NCCCOCC1CCCO1. The van der Waals surface area contributed by atoms with Crippen LogP contribution in [0.25, 0.3) is 0 Å². The first-order chi connectivity index (χ1) is 11.8. The maximum atomic E-state index is 6.00. The van der Waals surface area contributed by atoms with Gasteiger partial charge in [0.15, 0.2) is 5.96 Å². The molecule has 1 aromatic rings. The molecule has 0 bridgehead atoms. The van der Waals surface area contributed by atoms with Gasteiger partial charge in [0.1, 0.15) is 0 Å². The Balaban J connectivity index is 1.63. The second-order valence-corrected chi connectivity index (χ2v) is 6.25. The number of guanidine groups is 1. The van der Waals surface area contributed by atoms with Crippen molar-refractivity contribution in [3.8, 4) is 0 Å². The van der Waals surface area contributed by atoms with Crippen LogP contribution in [0.1, 0.15) is 31.7 Å². The van der Waals surface area contributed by atoms with Crippen molar-refractivity contribution in [2.75, 3.05) is 32.9 Å². The Hall–Kier alpha value is -1.30. The molecule has 1 fully saturated rings. The molecule has 1 aliphatic heterocycles. The number of nitrogens with one attached hydrogen (secondary N) is 2. The number of hydrogen-bond acceptors (Lipinski definition) is 3. The molecular formula is C18H28ClN3O2. The third kappa shape index (κ3) is 7.51. The van der Waals surface area contributed by atoms with Crippen molar-refractivity contribution in [3.05, 3.63) is 34.9 Å². The molecule has 0 saturated carbocycles. The standard InChI is InChI=1S/C18H28ClN3O2/c1-2-20-18(22-13-15-6-3-7-16(19)12-15)21-9-5-10-23-14-17-8-4-11-24-17/h3,6-7,12,17H,2,4-5,8-11,13-14H2,1H3,(H2,20,21,22). The maximum absolute atomic E-state index is 6.00. The molecule has 1 atom stereocenters. The van der Waals surface area contributed by atoms with E-state index in [0.717, 1.165) is 62.1 Å². The second-order valence-electron chi connectivity index (χ2n) is 5.82. The topological polar surface area (TPSA) is 54.9 Å². The zero-order valence-electron chi connectivity index (χ0n) is 14.4. The van der Waals surface area contributed by atoms with Crippen LogP contribution in [0, 0.1) is 0 Å². The molecule has 1 heterocycles. The number of aliphatic imine (C=N–C) groups is 1. The molecule has 1 saturated heterocycles. The van der Waals surface area contributed by atoms with Crippen LogP contribution in [0.3, 0.4) is 0 Å². The number of nitrogens with zero attached hydrogens (tertiary/aromatic N) is 1. The number of benzene rings is 1. The molecule has 5 nitrogen and oxygen atoms in total. The van der Waals surface area contributed by atoms with Crippen molar-refractivity contribution >= 4 is 17.6 Å². The molecule has 24 heavy (non-hydrogen) atoms. The van der Waals surface area contributed by atoms with Crippen molar-refractivity contribution in [2.24, 2.45) is 4.99 Å². The third-order valence-corrected chi connectivity index (χ3v) is 3.97. The third-order valence-electron chi connectivity index (χ3n) is 3.74. The summed E-state index contributed by atoms with van der Waals surface area (Å²) in [5.41, 5.74) is 1.10. The first-order valence-electron chi connectivity index (χ1n) is 8.74. The van der Waals surface area contributed by atoms with Gasteiger partial charge in [0.05, 0.1) is 19.3 Å². The van der Waals surface area contributed by atoms with E-state index in [9.17, 15) is 0 Å². The highest BCUT2D eigenvalue weighted by Gasteiger charge is 2.14. The predicted molar refractivity (Wildman–Crippen MR) is 98.7 cm³/mol. The summed E-state index contributed by atoms with van der Waals surface area (Å²) in [4.78, 5) is 4.58. The minimum absolute atomic E-state index is 0.300. The van der Waals surface area contributed by atoms with Crippen LogP contribution in [0.5, 0.6) is 0 Å². The van der Waals surface area contributed by atoms with E-state index in [-0.39, 0.29) is 0 Å². The highest BCUT2D eigenvalue weighted by Crippen LogP contribution is 2.12. The van der Waals surface area contributed by atoms with E-state index in [2.05, 4.69) is 22.5 Å². The Morgan fingerprint density at radius 3 is 3.08 bits per heavy atom. The summed E-state index contributed by atoms with van der Waals surface area (Å²) in [5, 5.41) is 7.32. The van der Waals surface area contributed by atoms with Gasteiger partial charge in [-0.1, -0.05) is 23.7 Å². The van der Waals surface area contributed by atoms with E-state index < -0.39 is 0 Å². The van der Waals surface area contributed by atoms with Crippen molar-refractivity contribution < 1.29 is 9.47 Å². The minimum Gasteiger partial charge on any atom is -0.379 e. The molecular weight excluding hydrogens is 326 g/mol. The van der Waals surface area contributed by atoms with Crippen molar-refractivity contribution in [1.82, 2.24) is 10.6 Å². The van der Waals surface area contributed by atoms with Gasteiger partial charge in [0, 0.05) is 31.3 Å². The number of hydrogen-bond donors (Lipinski definition) is 2. The lowest BCUT2D eigenvalue weighted by Crippen LogP contribution is -2.38. The molecule has 0 radical (unpaired) electrons. The zero-order chi connectivity index (χ0) is 17.0. The summed E-state index contributed by atoms with van der Waals surface area (Å²) >= 11 is 6.00. The summed E-state index contributed by atoms with van der Waals surface area (Å²) in [5.74, 6) is 0.816. The summed E-state index contributed by atoms with van der Waals surface area (Å²) < 4.78 is 11.2. The van der Waals surface area contributed by atoms with Crippen molar-refractivity contribution in [1.29, 1.82) is 0 Å². The number of ether oxygens (including phenoxy) is 2. The molecule has 0 aromatic heterocycles. The Bertz CT molecular complexity index is 505. The Kier molecular flexibility index (Phi) is 8.95. The van der Waals surface area contributed by atoms with E-state index in [1.54, 1.807) is 0 Å². The fraction of sp³-hybridized carbons (Fsp3) is 0.611. The van der Waals surface area contributed by atoms with Gasteiger partial charge in [-0.05, 0) is 43.9 Å². The normalized spacial score (nSPS) is 17.9. The van der Waals surface area contributed by atoms with Crippen LogP contribution in [-0.4, -0.2) is 45.0 Å². The molecule has 134 valence electrons. The van der Waals surface area contributed by atoms with E-state index in [0.29, 0.717) is 19.3 Å². The maximum Gasteiger partial charge on any atom is 0.191 e. The molecule has 0 spiro atoms. The van der Waals surface area contributed by atoms with Gasteiger partial charge >= 0.3 is 0 Å². The van der Waals surface area contributed by atoms with Crippen LogP contribution < -0.4 is 10.6 Å². The van der Waals surface area contributed by atoms with Crippen molar-refractivity contribution in [2.45, 2.75) is 38.8 Å². The van der Waals surface area contributed by atoms with Crippen LogP contribution in [0.4, 0.5) is 0 Å². The molecule has 0 aliphatic carbocycles. The van der Waals surface area contributed by atoms with Gasteiger partial charge in [-0.2, -0.15) is 0 Å². The lowest BCUT2D eigenvalue weighted by atomic mass is 10.2. The average molecular weight is 354 g/mol. The lowest BCUT2D eigenvalue weighted by molar-refractivity contribution is 0.0168. The Labute approximate surface area is 149 Å². The van der Waals surface area contributed by atoms with Crippen LogP contribution in [-0.2, 0) is 16.0 Å². The Morgan fingerprint density at radius 1 is 1.42 bits per heavy atom. The first kappa shape index (κ1) is 19.0. The summed E-state index contributed by atoms with van der Waals surface area (Å²) in [6, 6.07) is 7.78. The van der Waals surface area contributed by atoms with Gasteiger partial charge < -0.3 is 20.1 Å². The van der Waals surface area contributed by atoms with Gasteiger partial charge in [0.2, 0.25) is 0 Å². The van der Waals surface area contributed by atoms with E-state index in [4.69, 9.17) is 21.1 Å². The van der Waals surface area contributed by atoms with E-state index >= 15 is 0 Å². The highest BCUT2D eigenvalue weighted by atomic mass is 35.5. The van der Waals surface area contributed by atoms with E-state index in [1.807, 2.05) is 24.3 Å².